The minimum Gasteiger partial charge on any atom is -0.354 e. The summed E-state index contributed by atoms with van der Waals surface area (Å²) in [6, 6.07) is 4.60. The monoisotopic (exact) mass is 342 g/mol. The molecular weight excluding hydrogens is 320 g/mol. The molecular formula is C17H22N6O2. The number of rotatable bonds is 3. The van der Waals surface area contributed by atoms with Crippen LogP contribution in [-0.4, -0.2) is 39.3 Å². The lowest BCUT2D eigenvalue weighted by Crippen LogP contribution is -2.47. The Hall–Kier alpha value is -2.90. The van der Waals surface area contributed by atoms with Crippen LogP contribution in [0.4, 0.5) is 10.5 Å². The van der Waals surface area contributed by atoms with E-state index in [1.807, 2.05) is 19.9 Å². The minimum atomic E-state index is -0.496. The lowest BCUT2D eigenvalue weighted by Gasteiger charge is -2.15. The maximum Gasteiger partial charge on any atom is 0.319 e. The van der Waals surface area contributed by atoms with Gasteiger partial charge in [0.1, 0.15) is 6.04 Å². The topological polar surface area (TPSA) is 101 Å². The van der Waals surface area contributed by atoms with Gasteiger partial charge < -0.3 is 16.0 Å². The second kappa shape index (κ2) is 7.33. The molecule has 0 bridgehead atoms. The maximum absolute atomic E-state index is 12.1. The van der Waals surface area contributed by atoms with Crippen LogP contribution >= 0.6 is 0 Å². The number of nitrogens with zero attached hydrogens (tertiary/aromatic N) is 3. The molecule has 1 atom stereocenters. The average molecular weight is 342 g/mol. The number of carbonyl (C=O) groups is 2. The Labute approximate surface area is 146 Å². The van der Waals surface area contributed by atoms with Gasteiger partial charge in [0, 0.05) is 12.2 Å². The van der Waals surface area contributed by atoms with Gasteiger partial charge in [-0.1, -0.05) is 0 Å². The number of carbonyl (C=O) groups excluding carboxylic acids is 2. The number of aryl methyl sites for hydroxylation is 2. The molecule has 2 aromatic heterocycles. The number of nitrogens with one attached hydrogen (secondary N) is 3. The summed E-state index contributed by atoms with van der Waals surface area (Å²) in [6.45, 7) is 4.54. The van der Waals surface area contributed by atoms with Gasteiger partial charge in [0.25, 0.3) is 0 Å². The Morgan fingerprint density at radius 3 is 2.84 bits per heavy atom. The fourth-order valence-electron chi connectivity index (χ4n) is 2.85. The summed E-state index contributed by atoms with van der Waals surface area (Å²) in [4.78, 5) is 28.3. The van der Waals surface area contributed by atoms with E-state index in [1.54, 1.807) is 23.0 Å². The number of anilines is 1. The highest BCUT2D eigenvalue weighted by Crippen LogP contribution is 2.13. The largest absolute Gasteiger partial charge is 0.354 e. The summed E-state index contributed by atoms with van der Waals surface area (Å²) >= 11 is 0. The molecule has 0 spiro atoms. The number of hydrogen-bond acceptors (Lipinski definition) is 4. The molecule has 0 aliphatic carbocycles. The van der Waals surface area contributed by atoms with Gasteiger partial charge in [-0.2, -0.15) is 5.10 Å². The molecule has 1 saturated heterocycles. The van der Waals surface area contributed by atoms with Crippen molar-refractivity contribution in [3.63, 3.8) is 0 Å². The van der Waals surface area contributed by atoms with E-state index in [4.69, 9.17) is 0 Å². The lowest BCUT2D eigenvalue weighted by molar-refractivity contribution is -0.122. The van der Waals surface area contributed by atoms with Gasteiger partial charge >= 0.3 is 6.03 Å². The number of hydrogen-bond donors (Lipinski definition) is 3. The van der Waals surface area contributed by atoms with Crippen molar-refractivity contribution in [1.29, 1.82) is 0 Å². The van der Waals surface area contributed by atoms with Gasteiger partial charge in [-0.3, -0.25) is 4.79 Å². The molecule has 1 aliphatic rings. The molecule has 0 aromatic carbocycles. The Kier molecular flexibility index (Phi) is 4.97. The number of pyridine rings is 1. The third-order valence-electron chi connectivity index (χ3n) is 4.07. The van der Waals surface area contributed by atoms with E-state index in [9.17, 15) is 9.59 Å². The fraction of sp³-hybridized carbons (Fsp3) is 0.412. The predicted molar refractivity (Wildman–Crippen MR) is 93.6 cm³/mol. The summed E-state index contributed by atoms with van der Waals surface area (Å²) in [5.41, 5.74) is 2.46. The van der Waals surface area contributed by atoms with Gasteiger partial charge in [0.05, 0.1) is 17.6 Å². The molecule has 0 radical (unpaired) electrons. The normalized spacial score (nSPS) is 17.5. The van der Waals surface area contributed by atoms with Crippen molar-refractivity contribution >= 4 is 17.6 Å². The zero-order valence-corrected chi connectivity index (χ0v) is 14.4. The molecule has 1 fully saturated rings. The van der Waals surface area contributed by atoms with Crippen LogP contribution < -0.4 is 16.0 Å². The van der Waals surface area contributed by atoms with Crippen molar-refractivity contribution in [2.75, 3.05) is 11.9 Å². The predicted octanol–water partition coefficient (Wildman–Crippen LogP) is 1.67. The quantitative estimate of drug-likeness (QED) is 0.790. The number of urea groups is 1. The molecule has 0 unspecified atom stereocenters. The van der Waals surface area contributed by atoms with Crippen LogP contribution in [0.5, 0.6) is 0 Å². The minimum absolute atomic E-state index is 0.134. The second-order valence-electron chi connectivity index (χ2n) is 6.18. The molecule has 3 N–H and O–H groups in total. The first-order chi connectivity index (χ1) is 12.0. The molecule has 3 amide bonds. The standard InChI is InChI=1S/C17H22N6O2/c1-11-9-12(2)23(22-11)15-7-6-13(10-19-15)20-17(25)21-14-5-3-4-8-18-16(14)24/h6-7,9-10,14H,3-5,8H2,1-2H3,(H,18,24)(H2,20,21,25)/t14-/m1/s1. The summed E-state index contributed by atoms with van der Waals surface area (Å²) in [5.74, 6) is 0.547. The number of aromatic nitrogens is 3. The van der Waals surface area contributed by atoms with Crippen molar-refractivity contribution in [1.82, 2.24) is 25.4 Å². The van der Waals surface area contributed by atoms with Crippen molar-refractivity contribution in [2.24, 2.45) is 0 Å². The van der Waals surface area contributed by atoms with Gasteiger partial charge in [-0.05, 0) is 51.3 Å². The molecule has 132 valence electrons. The van der Waals surface area contributed by atoms with Crippen LogP contribution in [0.15, 0.2) is 24.4 Å². The van der Waals surface area contributed by atoms with E-state index in [0.717, 1.165) is 24.2 Å². The summed E-state index contributed by atoms with van der Waals surface area (Å²) in [7, 11) is 0. The molecule has 25 heavy (non-hydrogen) atoms. The van der Waals surface area contributed by atoms with Crippen molar-refractivity contribution in [3.05, 3.63) is 35.8 Å². The van der Waals surface area contributed by atoms with E-state index >= 15 is 0 Å². The zero-order chi connectivity index (χ0) is 17.8. The first-order valence-corrected chi connectivity index (χ1v) is 8.38. The molecule has 2 aromatic rings. The first-order valence-electron chi connectivity index (χ1n) is 8.38. The molecule has 0 saturated carbocycles. The van der Waals surface area contributed by atoms with E-state index in [1.165, 1.54) is 0 Å². The lowest BCUT2D eigenvalue weighted by atomic mass is 10.1. The highest BCUT2D eigenvalue weighted by atomic mass is 16.2. The van der Waals surface area contributed by atoms with Crippen LogP contribution in [0, 0.1) is 13.8 Å². The molecule has 3 heterocycles. The van der Waals surface area contributed by atoms with Gasteiger partial charge in [-0.15, -0.1) is 0 Å². The van der Waals surface area contributed by atoms with Crippen molar-refractivity contribution in [2.45, 2.75) is 39.2 Å². The highest BCUT2D eigenvalue weighted by molar-refractivity contribution is 5.93. The SMILES string of the molecule is Cc1cc(C)n(-c2ccc(NC(=O)N[C@@H]3CCCCNC3=O)cn2)n1. The zero-order valence-electron chi connectivity index (χ0n) is 14.4. The highest BCUT2D eigenvalue weighted by Gasteiger charge is 2.22. The molecule has 3 rings (SSSR count). The second-order valence-corrected chi connectivity index (χ2v) is 6.18. The van der Waals surface area contributed by atoms with Gasteiger partial charge in [0.2, 0.25) is 5.91 Å². The first kappa shape index (κ1) is 16.9. The van der Waals surface area contributed by atoms with E-state index in [0.29, 0.717) is 24.5 Å². The van der Waals surface area contributed by atoms with E-state index < -0.39 is 12.1 Å². The van der Waals surface area contributed by atoms with E-state index in [2.05, 4.69) is 26.0 Å². The third kappa shape index (κ3) is 4.14. The van der Waals surface area contributed by atoms with Gasteiger partial charge in [-0.25, -0.2) is 14.5 Å². The molecule has 8 heteroatoms. The molecule has 1 aliphatic heterocycles. The Morgan fingerprint density at radius 1 is 1.32 bits per heavy atom. The van der Waals surface area contributed by atoms with Crippen LogP contribution in [0.2, 0.25) is 0 Å². The van der Waals surface area contributed by atoms with Crippen LogP contribution in [0.25, 0.3) is 5.82 Å². The van der Waals surface area contributed by atoms with Crippen molar-refractivity contribution < 1.29 is 9.59 Å². The fourth-order valence-corrected chi connectivity index (χ4v) is 2.85. The Morgan fingerprint density at radius 2 is 2.16 bits per heavy atom. The summed E-state index contributed by atoms with van der Waals surface area (Å²) in [5, 5.41) is 12.6. The summed E-state index contributed by atoms with van der Waals surface area (Å²) in [6.07, 6.45) is 4.05. The smallest absolute Gasteiger partial charge is 0.319 e. The Bertz CT molecular complexity index is 768. The molecule has 8 nitrogen and oxygen atoms in total. The van der Waals surface area contributed by atoms with Crippen LogP contribution in [0.3, 0.4) is 0 Å². The average Bonchev–Trinajstić information content (AvgIpc) is 2.78. The van der Waals surface area contributed by atoms with Crippen molar-refractivity contribution in [3.8, 4) is 5.82 Å². The van der Waals surface area contributed by atoms with Crippen LogP contribution in [0.1, 0.15) is 30.7 Å². The van der Waals surface area contributed by atoms with Gasteiger partial charge in [0.15, 0.2) is 5.82 Å². The van der Waals surface area contributed by atoms with Crippen LogP contribution in [-0.2, 0) is 4.79 Å². The third-order valence-corrected chi connectivity index (χ3v) is 4.07. The Balaban J connectivity index is 1.62. The number of amides is 3. The summed E-state index contributed by atoms with van der Waals surface area (Å²) < 4.78 is 1.75. The van der Waals surface area contributed by atoms with E-state index in [-0.39, 0.29) is 5.91 Å². The maximum atomic E-state index is 12.1.